The molecule has 0 saturated carbocycles. The molecule has 2 N–H and O–H groups in total. The first kappa shape index (κ1) is 13.0. The minimum absolute atomic E-state index is 0.106. The molecule has 98 valence electrons. The highest BCUT2D eigenvalue weighted by molar-refractivity contribution is 6.05. The number of hydrogen-bond donors (Lipinski definition) is 2. The van der Waals surface area contributed by atoms with E-state index in [1.807, 2.05) is 25.1 Å². The van der Waals surface area contributed by atoms with Crippen molar-refractivity contribution in [3.05, 3.63) is 57.0 Å². The lowest BCUT2D eigenvalue weighted by Gasteiger charge is -2.08. The van der Waals surface area contributed by atoms with Gasteiger partial charge in [0.15, 0.2) is 0 Å². The van der Waals surface area contributed by atoms with Crippen LogP contribution in [-0.2, 0) is 0 Å². The standard InChI is InChI=1S/C14H15N3O2/c1-8-5-4-6-11(7-8)15-13(18)12-9(2)10(3)16-17-14(12)19/h4-7H,1-3H3,(H,15,18)(H,17,19). The fourth-order valence-electron chi connectivity index (χ4n) is 1.82. The third-order valence-corrected chi connectivity index (χ3v) is 2.97. The van der Waals surface area contributed by atoms with Gasteiger partial charge >= 0.3 is 0 Å². The van der Waals surface area contributed by atoms with Crippen molar-refractivity contribution in [1.82, 2.24) is 10.2 Å². The predicted octanol–water partition coefficient (Wildman–Crippen LogP) is 1.95. The van der Waals surface area contributed by atoms with Gasteiger partial charge in [-0.15, -0.1) is 0 Å². The van der Waals surface area contributed by atoms with Crippen LogP contribution in [0, 0.1) is 20.8 Å². The second kappa shape index (κ2) is 5.06. The average molecular weight is 257 g/mol. The number of anilines is 1. The van der Waals surface area contributed by atoms with Crippen molar-refractivity contribution in [3.63, 3.8) is 0 Å². The van der Waals surface area contributed by atoms with Crippen LogP contribution >= 0.6 is 0 Å². The maximum absolute atomic E-state index is 12.2. The van der Waals surface area contributed by atoms with Crippen LogP contribution in [0.3, 0.4) is 0 Å². The van der Waals surface area contributed by atoms with E-state index < -0.39 is 11.5 Å². The number of carbonyl (C=O) groups is 1. The maximum Gasteiger partial charge on any atom is 0.277 e. The zero-order chi connectivity index (χ0) is 14.0. The minimum Gasteiger partial charge on any atom is -0.322 e. The third kappa shape index (κ3) is 2.70. The zero-order valence-corrected chi connectivity index (χ0v) is 11.1. The van der Waals surface area contributed by atoms with Gasteiger partial charge in [0.25, 0.3) is 11.5 Å². The highest BCUT2D eigenvalue weighted by Crippen LogP contribution is 2.12. The highest BCUT2D eigenvalue weighted by Gasteiger charge is 2.16. The molecule has 1 amide bonds. The summed E-state index contributed by atoms with van der Waals surface area (Å²) < 4.78 is 0. The Labute approximate surface area is 110 Å². The summed E-state index contributed by atoms with van der Waals surface area (Å²) >= 11 is 0. The Hall–Kier alpha value is -2.43. The molecule has 1 aromatic carbocycles. The van der Waals surface area contributed by atoms with E-state index in [9.17, 15) is 9.59 Å². The van der Waals surface area contributed by atoms with Crippen molar-refractivity contribution in [2.45, 2.75) is 20.8 Å². The monoisotopic (exact) mass is 257 g/mol. The number of benzene rings is 1. The molecule has 2 aromatic rings. The molecule has 0 spiro atoms. The van der Waals surface area contributed by atoms with E-state index in [-0.39, 0.29) is 5.56 Å². The predicted molar refractivity (Wildman–Crippen MR) is 73.5 cm³/mol. The van der Waals surface area contributed by atoms with E-state index in [0.29, 0.717) is 16.9 Å². The van der Waals surface area contributed by atoms with Crippen molar-refractivity contribution >= 4 is 11.6 Å². The van der Waals surface area contributed by atoms with Gasteiger partial charge in [-0.1, -0.05) is 12.1 Å². The van der Waals surface area contributed by atoms with Gasteiger partial charge in [-0.05, 0) is 44.0 Å². The van der Waals surface area contributed by atoms with E-state index in [2.05, 4.69) is 15.5 Å². The van der Waals surface area contributed by atoms with Gasteiger partial charge in [-0.3, -0.25) is 9.59 Å². The number of nitrogens with one attached hydrogen (secondary N) is 2. The lowest BCUT2D eigenvalue weighted by Crippen LogP contribution is -2.26. The van der Waals surface area contributed by atoms with Crippen LogP contribution in [0.2, 0.25) is 0 Å². The van der Waals surface area contributed by atoms with E-state index in [0.717, 1.165) is 5.56 Å². The fourth-order valence-corrected chi connectivity index (χ4v) is 1.82. The molecule has 1 aromatic heterocycles. The molecule has 19 heavy (non-hydrogen) atoms. The van der Waals surface area contributed by atoms with Crippen molar-refractivity contribution in [1.29, 1.82) is 0 Å². The Bertz CT molecular complexity index is 689. The first-order chi connectivity index (χ1) is 8.99. The molecule has 0 bridgehead atoms. The van der Waals surface area contributed by atoms with Crippen LogP contribution in [0.1, 0.15) is 27.2 Å². The lowest BCUT2D eigenvalue weighted by molar-refractivity contribution is 0.102. The van der Waals surface area contributed by atoms with Gasteiger partial charge < -0.3 is 5.32 Å². The van der Waals surface area contributed by atoms with Crippen molar-refractivity contribution in [2.75, 3.05) is 5.32 Å². The molecule has 0 aliphatic rings. The zero-order valence-electron chi connectivity index (χ0n) is 11.1. The number of aromatic nitrogens is 2. The molecule has 2 rings (SSSR count). The number of aromatic amines is 1. The van der Waals surface area contributed by atoms with Crippen molar-refractivity contribution < 1.29 is 4.79 Å². The van der Waals surface area contributed by atoms with Gasteiger partial charge in [0, 0.05) is 5.69 Å². The van der Waals surface area contributed by atoms with Crippen LogP contribution in [0.4, 0.5) is 5.69 Å². The first-order valence-corrected chi connectivity index (χ1v) is 5.93. The Kier molecular flexibility index (Phi) is 3.46. The quantitative estimate of drug-likeness (QED) is 0.863. The highest BCUT2D eigenvalue weighted by atomic mass is 16.2. The molecule has 0 aliphatic carbocycles. The van der Waals surface area contributed by atoms with E-state index in [1.165, 1.54) is 0 Å². The number of rotatable bonds is 2. The molecule has 0 saturated heterocycles. The second-order valence-corrected chi connectivity index (χ2v) is 4.46. The van der Waals surface area contributed by atoms with Crippen molar-refractivity contribution in [3.8, 4) is 0 Å². The number of aryl methyl sites for hydroxylation is 2. The van der Waals surface area contributed by atoms with Crippen molar-refractivity contribution in [2.24, 2.45) is 0 Å². The Balaban J connectivity index is 2.36. The van der Waals surface area contributed by atoms with Crippen LogP contribution in [0.5, 0.6) is 0 Å². The Morgan fingerprint density at radius 1 is 1.26 bits per heavy atom. The topological polar surface area (TPSA) is 74.8 Å². The Morgan fingerprint density at radius 2 is 2.00 bits per heavy atom. The van der Waals surface area contributed by atoms with Gasteiger partial charge in [0.1, 0.15) is 5.56 Å². The summed E-state index contributed by atoms with van der Waals surface area (Å²) in [7, 11) is 0. The van der Waals surface area contributed by atoms with Crippen LogP contribution < -0.4 is 10.9 Å². The smallest absolute Gasteiger partial charge is 0.277 e. The van der Waals surface area contributed by atoms with Crippen LogP contribution in [0.15, 0.2) is 29.1 Å². The minimum atomic E-state index is -0.478. The van der Waals surface area contributed by atoms with E-state index >= 15 is 0 Å². The number of nitrogens with zero attached hydrogens (tertiary/aromatic N) is 1. The molecule has 0 aliphatic heterocycles. The van der Waals surface area contributed by atoms with Gasteiger partial charge in [0.05, 0.1) is 5.69 Å². The number of carbonyl (C=O) groups excluding carboxylic acids is 1. The Morgan fingerprint density at radius 3 is 2.68 bits per heavy atom. The van der Waals surface area contributed by atoms with Crippen LogP contribution in [-0.4, -0.2) is 16.1 Å². The van der Waals surface area contributed by atoms with Crippen LogP contribution in [0.25, 0.3) is 0 Å². The summed E-state index contributed by atoms with van der Waals surface area (Å²) in [5, 5.41) is 8.87. The van der Waals surface area contributed by atoms with Gasteiger partial charge in [0.2, 0.25) is 0 Å². The van der Waals surface area contributed by atoms with Gasteiger partial charge in [-0.2, -0.15) is 5.10 Å². The molecule has 5 nitrogen and oxygen atoms in total. The number of hydrogen-bond acceptors (Lipinski definition) is 3. The third-order valence-electron chi connectivity index (χ3n) is 2.97. The normalized spacial score (nSPS) is 10.3. The largest absolute Gasteiger partial charge is 0.322 e. The van der Waals surface area contributed by atoms with E-state index in [4.69, 9.17) is 0 Å². The molecule has 5 heteroatoms. The number of amides is 1. The average Bonchev–Trinajstić information content (AvgIpc) is 2.34. The SMILES string of the molecule is Cc1cccc(NC(=O)c2c(C)c(C)n[nH]c2=O)c1. The molecule has 0 atom stereocenters. The summed E-state index contributed by atoms with van der Waals surface area (Å²) in [6.45, 7) is 5.39. The second-order valence-electron chi connectivity index (χ2n) is 4.46. The molecular weight excluding hydrogens is 242 g/mol. The summed E-state index contributed by atoms with van der Waals surface area (Å²) in [5.41, 5.74) is 2.55. The summed E-state index contributed by atoms with van der Waals surface area (Å²) in [5.74, 6) is -0.421. The molecule has 0 radical (unpaired) electrons. The molecule has 1 heterocycles. The number of H-pyrrole nitrogens is 1. The fraction of sp³-hybridized carbons (Fsp3) is 0.214. The molecule has 0 unspecified atom stereocenters. The maximum atomic E-state index is 12.2. The lowest BCUT2D eigenvalue weighted by atomic mass is 10.1. The summed E-state index contributed by atoms with van der Waals surface area (Å²) in [6, 6.07) is 7.40. The summed E-state index contributed by atoms with van der Waals surface area (Å²) in [6.07, 6.45) is 0. The van der Waals surface area contributed by atoms with Gasteiger partial charge in [-0.25, -0.2) is 5.10 Å². The molecule has 0 fully saturated rings. The summed E-state index contributed by atoms with van der Waals surface area (Å²) in [4.78, 5) is 23.9. The molecular formula is C14H15N3O2. The first-order valence-electron chi connectivity index (χ1n) is 5.93. The van der Waals surface area contributed by atoms with E-state index in [1.54, 1.807) is 19.9 Å².